The molecule has 0 spiro atoms. The Morgan fingerprint density at radius 2 is 2.00 bits per heavy atom. The molecule has 2 rings (SSSR count). The van der Waals surface area contributed by atoms with E-state index in [1.165, 1.54) is 21.6 Å². The van der Waals surface area contributed by atoms with Gasteiger partial charge >= 0.3 is 0 Å². The van der Waals surface area contributed by atoms with Crippen LogP contribution in [0.25, 0.3) is 0 Å². The summed E-state index contributed by atoms with van der Waals surface area (Å²) in [6.45, 7) is 4.24. The van der Waals surface area contributed by atoms with E-state index in [0.29, 0.717) is 0 Å². The molecule has 0 amide bonds. The average molecular weight is 247 g/mol. The van der Waals surface area contributed by atoms with Crippen LogP contribution in [0.3, 0.4) is 0 Å². The van der Waals surface area contributed by atoms with E-state index in [-0.39, 0.29) is 6.04 Å². The number of aryl methyl sites for hydroxylation is 2. The van der Waals surface area contributed by atoms with E-state index in [9.17, 15) is 0 Å². The van der Waals surface area contributed by atoms with Crippen LogP contribution in [0.5, 0.6) is 0 Å². The van der Waals surface area contributed by atoms with Crippen molar-refractivity contribution in [2.45, 2.75) is 26.3 Å². The Balaban J connectivity index is 2.18. The molecule has 1 atom stereocenters. The molecular formula is C13H17N3S. The Labute approximate surface area is 106 Å². The lowest BCUT2D eigenvalue weighted by Gasteiger charge is -2.14. The van der Waals surface area contributed by atoms with Gasteiger partial charge in [0.15, 0.2) is 0 Å². The number of nitrogens with two attached hydrogens (primary N) is 1. The van der Waals surface area contributed by atoms with Gasteiger partial charge in [-0.05, 0) is 25.8 Å². The maximum absolute atomic E-state index is 5.62. The predicted octanol–water partition coefficient (Wildman–Crippen LogP) is 2.51. The van der Waals surface area contributed by atoms with Crippen molar-refractivity contribution < 1.29 is 0 Å². The molecule has 1 aromatic carbocycles. The number of thiazole rings is 1. The van der Waals surface area contributed by atoms with Gasteiger partial charge in [-0.3, -0.25) is 16.3 Å². The molecule has 1 heterocycles. The van der Waals surface area contributed by atoms with Crippen LogP contribution in [-0.2, 0) is 6.42 Å². The fourth-order valence-electron chi connectivity index (χ4n) is 2.06. The lowest BCUT2D eigenvalue weighted by Crippen LogP contribution is -2.29. The number of nitrogens with one attached hydrogen (secondary N) is 1. The maximum Gasteiger partial charge on any atom is 0.0794 e. The fourth-order valence-corrected chi connectivity index (χ4v) is 2.74. The first kappa shape index (κ1) is 12.2. The first-order chi connectivity index (χ1) is 8.19. The van der Waals surface area contributed by atoms with Gasteiger partial charge in [0, 0.05) is 11.1 Å². The van der Waals surface area contributed by atoms with Gasteiger partial charge in [0.05, 0.1) is 11.6 Å². The third-order valence-electron chi connectivity index (χ3n) is 2.72. The Kier molecular flexibility index (Phi) is 3.89. The van der Waals surface area contributed by atoms with Crippen LogP contribution in [0.4, 0.5) is 0 Å². The van der Waals surface area contributed by atoms with Gasteiger partial charge in [0.2, 0.25) is 0 Å². The van der Waals surface area contributed by atoms with Gasteiger partial charge in [0.1, 0.15) is 0 Å². The number of rotatable bonds is 4. The second-order valence-electron chi connectivity index (χ2n) is 4.32. The molecule has 0 saturated heterocycles. The Morgan fingerprint density at radius 1 is 1.29 bits per heavy atom. The lowest BCUT2D eigenvalue weighted by molar-refractivity contribution is 0.559. The van der Waals surface area contributed by atoms with Crippen molar-refractivity contribution in [2.24, 2.45) is 5.84 Å². The average Bonchev–Trinajstić information content (AvgIpc) is 2.77. The fraction of sp³-hybridized carbons (Fsp3) is 0.308. The summed E-state index contributed by atoms with van der Waals surface area (Å²) in [7, 11) is 0. The molecule has 0 aliphatic carbocycles. The van der Waals surface area contributed by atoms with E-state index >= 15 is 0 Å². The van der Waals surface area contributed by atoms with Gasteiger partial charge in [-0.2, -0.15) is 0 Å². The molecule has 0 fully saturated rings. The second kappa shape index (κ2) is 5.40. The number of nitrogens with zero attached hydrogens (tertiary/aromatic N) is 1. The van der Waals surface area contributed by atoms with Gasteiger partial charge in [-0.15, -0.1) is 11.3 Å². The van der Waals surface area contributed by atoms with Crippen molar-refractivity contribution in [3.8, 4) is 0 Å². The van der Waals surface area contributed by atoms with Crippen molar-refractivity contribution in [3.63, 3.8) is 0 Å². The molecule has 0 aliphatic heterocycles. The van der Waals surface area contributed by atoms with Crippen molar-refractivity contribution in [1.29, 1.82) is 0 Å². The summed E-state index contributed by atoms with van der Waals surface area (Å²) < 4.78 is 0. The first-order valence-electron chi connectivity index (χ1n) is 5.60. The monoisotopic (exact) mass is 247 g/mol. The first-order valence-corrected chi connectivity index (χ1v) is 6.48. The quantitative estimate of drug-likeness (QED) is 0.644. The third kappa shape index (κ3) is 3.12. The molecule has 17 heavy (non-hydrogen) atoms. The van der Waals surface area contributed by atoms with Crippen molar-refractivity contribution in [1.82, 2.24) is 10.4 Å². The number of hydrogen-bond acceptors (Lipinski definition) is 4. The molecule has 0 radical (unpaired) electrons. The normalized spacial score (nSPS) is 12.6. The minimum Gasteiger partial charge on any atom is -0.271 e. The SMILES string of the molecule is Cc1cc(C)cc(CC(NN)c2cncs2)c1. The zero-order valence-electron chi connectivity index (χ0n) is 10.1. The summed E-state index contributed by atoms with van der Waals surface area (Å²) in [5.41, 5.74) is 8.58. The molecular weight excluding hydrogens is 230 g/mol. The zero-order chi connectivity index (χ0) is 12.3. The summed E-state index contributed by atoms with van der Waals surface area (Å²) in [5, 5.41) is 0. The molecule has 1 aromatic heterocycles. The largest absolute Gasteiger partial charge is 0.271 e. The highest BCUT2D eigenvalue weighted by Gasteiger charge is 2.12. The van der Waals surface area contributed by atoms with E-state index in [0.717, 1.165) is 6.42 Å². The highest BCUT2D eigenvalue weighted by atomic mass is 32.1. The minimum absolute atomic E-state index is 0.142. The van der Waals surface area contributed by atoms with Crippen LogP contribution in [-0.4, -0.2) is 4.98 Å². The van der Waals surface area contributed by atoms with E-state index in [2.05, 4.69) is 42.5 Å². The van der Waals surface area contributed by atoms with Crippen LogP contribution < -0.4 is 11.3 Å². The van der Waals surface area contributed by atoms with Gasteiger partial charge in [-0.25, -0.2) is 0 Å². The summed E-state index contributed by atoms with van der Waals surface area (Å²) in [5.74, 6) is 5.62. The molecule has 4 heteroatoms. The topological polar surface area (TPSA) is 50.9 Å². The molecule has 0 saturated carbocycles. The van der Waals surface area contributed by atoms with Gasteiger partial charge in [0.25, 0.3) is 0 Å². The summed E-state index contributed by atoms with van der Waals surface area (Å²) in [6, 6.07) is 6.74. The van der Waals surface area contributed by atoms with E-state index < -0.39 is 0 Å². The standard InChI is InChI=1S/C13H17N3S/c1-9-3-10(2)5-11(4-9)6-12(16-14)13-7-15-8-17-13/h3-5,7-8,12,16H,6,14H2,1-2H3. The van der Waals surface area contributed by atoms with Crippen LogP contribution in [0.1, 0.15) is 27.6 Å². The third-order valence-corrected chi connectivity index (χ3v) is 3.61. The van der Waals surface area contributed by atoms with Crippen molar-refractivity contribution >= 4 is 11.3 Å². The molecule has 1 unspecified atom stereocenters. The van der Waals surface area contributed by atoms with E-state index in [1.54, 1.807) is 11.3 Å². The van der Waals surface area contributed by atoms with Gasteiger partial charge < -0.3 is 0 Å². The second-order valence-corrected chi connectivity index (χ2v) is 5.24. The molecule has 3 nitrogen and oxygen atoms in total. The Bertz CT molecular complexity index is 459. The summed E-state index contributed by atoms with van der Waals surface area (Å²) in [6.07, 6.45) is 2.76. The van der Waals surface area contributed by atoms with Crippen LogP contribution in [0.2, 0.25) is 0 Å². The van der Waals surface area contributed by atoms with Crippen LogP contribution in [0.15, 0.2) is 29.9 Å². The highest BCUT2D eigenvalue weighted by Crippen LogP contribution is 2.22. The minimum atomic E-state index is 0.142. The van der Waals surface area contributed by atoms with Crippen LogP contribution in [0, 0.1) is 13.8 Å². The van der Waals surface area contributed by atoms with E-state index in [4.69, 9.17) is 5.84 Å². The number of benzene rings is 1. The highest BCUT2D eigenvalue weighted by molar-refractivity contribution is 7.09. The molecule has 0 bridgehead atoms. The lowest BCUT2D eigenvalue weighted by atomic mass is 10.0. The zero-order valence-corrected chi connectivity index (χ0v) is 10.9. The molecule has 2 aromatic rings. The predicted molar refractivity (Wildman–Crippen MR) is 71.8 cm³/mol. The van der Waals surface area contributed by atoms with E-state index in [1.807, 2.05) is 11.7 Å². The van der Waals surface area contributed by atoms with Gasteiger partial charge in [-0.1, -0.05) is 29.3 Å². The number of hydrogen-bond donors (Lipinski definition) is 2. The summed E-state index contributed by atoms with van der Waals surface area (Å²) >= 11 is 1.63. The Morgan fingerprint density at radius 3 is 2.53 bits per heavy atom. The van der Waals surface area contributed by atoms with Crippen LogP contribution >= 0.6 is 11.3 Å². The molecule has 3 N–H and O–H groups in total. The Hall–Kier alpha value is -1.23. The molecule has 90 valence electrons. The van der Waals surface area contributed by atoms with Crippen molar-refractivity contribution in [3.05, 3.63) is 51.5 Å². The smallest absolute Gasteiger partial charge is 0.0794 e. The molecule has 0 aliphatic rings. The summed E-state index contributed by atoms with van der Waals surface area (Å²) in [4.78, 5) is 5.26. The van der Waals surface area contributed by atoms with Crippen molar-refractivity contribution in [2.75, 3.05) is 0 Å². The number of hydrazine groups is 1. The maximum atomic E-state index is 5.62. The number of aromatic nitrogens is 1.